The number of nitro benzene ring substituents is 1. The zero-order chi connectivity index (χ0) is 20.8. The lowest BCUT2D eigenvalue weighted by molar-refractivity contribution is -0.384. The molecule has 0 bridgehead atoms. The van der Waals surface area contributed by atoms with E-state index in [-0.39, 0.29) is 34.5 Å². The van der Waals surface area contributed by atoms with Crippen molar-refractivity contribution in [2.24, 2.45) is 0 Å². The Morgan fingerprint density at radius 1 is 1.10 bits per heavy atom. The third-order valence-corrected chi connectivity index (χ3v) is 5.72. The van der Waals surface area contributed by atoms with Crippen LogP contribution in [0.5, 0.6) is 0 Å². The molecule has 152 valence electrons. The second-order valence-electron chi connectivity index (χ2n) is 7.51. The number of carbonyl (C=O) groups excluding carboxylic acids is 1. The van der Waals surface area contributed by atoms with Crippen molar-refractivity contribution in [2.75, 3.05) is 13.2 Å². The molecular formula is C22H18N2O6. The van der Waals surface area contributed by atoms with Crippen molar-refractivity contribution >= 4 is 22.6 Å². The lowest BCUT2D eigenvalue weighted by Crippen LogP contribution is -2.36. The van der Waals surface area contributed by atoms with Gasteiger partial charge in [-0.3, -0.25) is 19.7 Å². The van der Waals surface area contributed by atoms with E-state index in [2.05, 4.69) is 0 Å². The fourth-order valence-corrected chi connectivity index (χ4v) is 4.29. The first-order valence-electron chi connectivity index (χ1n) is 9.77. The fraction of sp³-hybridized carbons (Fsp3) is 0.273. The summed E-state index contributed by atoms with van der Waals surface area (Å²) < 4.78 is 11.6. The van der Waals surface area contributed by atoms with Crippen molar-refractivity contribution in [2.45, 2.75) is 25.0 Å². The normalized spacial score (nSPS) is 20.7. The molecule has 1 aromatic heterocycles. The average molecular weight is 406 g/mol. The summed E-state index contributed by atoms with van der Waals surface area (Å²) in [6, 6.07) is 12.1. The van der Waals surface area contributed by atoms with Gasteiger partial charge in [-0.05, 0) is 42.7 Å². The highest BCUT2D eigenvalue weighted by atomic mass is 16.6. The van der Waals surface area contributed by atoms with E-state index in [4.69, 9.17) is 9.15 Å². The van der Waals surface area contributed by atoms with Crippen LogP contribution >= 0.6 is 0 Å². The lowest BCUT2D eigenvalue weighted by atomic mass is 9.98. The molecule has 2 aliphatic heterocycles. The van der Waals surface area contributed by atoms with Crippen molar-refractivity contribution < 1.29 is 18.9 Å². The van der Waals surface area contributed by atoms with Crippen molar-refractivity contribution in [1.29, 1.82) is 0 Å². The maximum Gasteiger partial charge on any atom is 0.291 e. The van der Waals surface area contributed by atoms with Crippen LogP contribution in [0.25, 0.3) is 11.0 Å². The minimum Gasteiger partial charge on any atom is -0.450 e. The molecule has 1 fully saturated rings. The number of nitrogens with zero attached hydrogens (tertiary/aromatic N) is 2. The van der Waals surface area contributed by atoms with Crippen molar-refractivity contribution in [3.05, 3.63) is 85.8 Å². The monoisotopic (exact) mass is 406 g/mol. The third kappa shape index (κ3) is 2.88. The molecule has 8 nitrogen and oxygen atoms in total. The molecule has 8 heteroatoms. The maximum atomic E-state index is 13.3. The van der Waals surface area contributed by atoms with Gasteiger partial charge >= 0.3 is 0 Å². The Morgan fingerprint density at radius 2 is 1.87 bits per heavy atom. The summed E-state index contributed by atoms with van der Waals surface area (Å²) in [5.74, 6) is -0.341. The number of nitro groups is 1. The molecule has 1 amide bonds. The topological polar surface area (TPSA) is 103 Å². The maximum absolute atomic E-state index is 13.3. The van der Waals surface area contributed by atoms with Gasteiger partial charge in [0.1, 0.15) is 5.58 Å². The molecule has 0 radical (unpaired) electrons. The molecule has 0 N–H and O–H groups in total. The second kappa shape index (κ2) is 7.07. The first-order valence-corrected chi connectivity index (χ1v) is 9.77. The van der Waals surface area contributed by atoms with E-state index in [0.717, 1.165) is 12.8 Å². The highest BCUT2D eigenvalue weighted by Gasteiger charge is 2.43. The predicted octanol–water partition coefficient (Wildman–Crippen LogP) is 3.43. The summed E-state index contributed by atoms with van der Waals surface area (Å²) in [5.41, 5.74) is 0.924. The Hall–Kier alpha value is -3.52. The van der Waals surface area contributed by atoms with Crippen LogP contribution in [-0.4, -0.2) is 35.0 Å². The molecule has 30 heavy (non-hydrogen) atoms. The van der Waals surface area contributed by atoms with E-state index in [9.17, 15) is 19.7 Å². The summed E-state index contributed by atoms with van der Waals surface area (Å²) in [5, 5.41) is 11.4. The second-order valence-corrected chi connectivity index (χ2v) is 7.51. The largest absolute Gasteiger partial charge is 0.450 e. The summed E-state index contributed by atoms with van der Waals surface area (Å²) >= 11 is 0. The van der Waals surface area contributed by atoms with Crippen LogP contribution < -0.4 is 5.43 Å². The zero-order valence-corrected chi connectivity index (χ0v) is 15.9. The lowest BCUT2D eigenvalue weighted by Gasteiger charge is -2.27. The Labute approximate surface area is 170 Å². The summed E-state index contributed by atoms with van der Waals surface area (Å²) in [6.07, 6.45) is 1.63. The molecule has 2 atom stereocenters. The molecule has 2 aromatic carbocycles. The molecule has 0 unspecified atom stereocenters. The average Bonchev–Trinajstić information content (AvgIpc) is 3.36. The minimum atomic E-state index is -0.682. The zero-order valence-electron chi connectivity index (χ0n) is 15.9. The van der Waals surface area contributed by atoms with Crippen molar-refractivity contribution in [1.82, 2.24) is 4.90 Å². The van der Waals surface area contributed by atoms with Gasteiger partial charge in [-0.15, -0.1) is 0 Å². The number of fused-ring (bicyclic) bond motifs is 2. The number of benzene rings is 2. The van der Waals surface area contributed by atoms with Gasteiger partial charge in [0, 0.05) is 25.3 Å². The van der Waals surface area contributed by atoms with Crippen molar-refractivity contribution in [3.63, 3.8) is 0 Å². The summed E-state index contributed by atoms with van der Waals surface area (Å²) in [4.78, 5) is 38.7. The Morgan fingerprint density at radius 3 is 2.57 bits per heavy atom. The molecule has 0 spiro atoms. The first-order chi connectivity index (χ1) is 14.5. The molecule has 3 aromatic rings. The molecule has 2 aliphatic rings. The molecule has 3 heterocycles. The summed E-state index contributed by atoms with van der Waals surface area (Å²) in [6.45, 7) is 0.962. The van der Waals surface area contributed by atoms with Gasteiger partial charge in [0.2, 0.25) is 5.76 Å². The van der Waals surface area contributed by atoms with E-state index in [1.54, 1.807) is 41.3 Å². The predicted molar refractivity (Wildman–Crippen MR) is 107 cm³/mol. The standard InChI is InChI=1S/C22H18N2O6/c25-20-16-5-1-2-6-17(16)30-21-18(20)19(13-7-9-14(10-8-13)24(27)28)23(22(21)26)12-15-4-3-11-29-15/h1-2,5-10,15,19H,3-4,11-12H2/t15-,19+/m1/s1. The van der Waals surface area contributed by atoms with Gasteiger partial charge in [0.05, 0.1) is 28.0 Å². The van der Waals surface area contributed by atoms with E-state index < -0.39 is 11.0 Å². The van der Waals surface area contributed by atoms with Crippen molar-refractivity contribution in [3.8, 4) is 0 Å². The Bertz CT molecular complexity index is 1210. The minimum absolute atomic E-state index is 0.0278. The van der Waals surface area contributed by atoms with E-state index in [0.29, 0.717) is 29.7 Å². The van der Waals surface area contributed by atoms with Crippen LogP contribution in [0.4, 0.5) is 5.69 Å². The highest BCUT2D eigenvalue weighted by molar-refractivity contribution is 5.99. The quantitative estimate of drug-likeness (QED) is 0.486. The number of carbonyl (C=O) groups is 1. The smallest absolute Gasteiger partial charge is 0.291 e. The Kier molecular flexibility index (Phi) is 4.36. The number of para-hydroxylation sites is 1. The molecule has 1 saturated heterocycles. The van der Waals surface area contributed by atoms with Gasteiger partial charge in [-0.25, -0.2) is 0 Å². The van der Waals surface area contributed by atoms with Crippen LogP contribution in [-0.2, 0) is 4.74 Å². The van der Waals surface area contributed by atoms with Crippen LogP contribution in [0.1, 0.15) is 40.6 Å². The van der Waals surface area contributed by atoms with Gasteiger partial charge in [-0.2, -0.15) is 0 Å². The number of ether oxygens (including phenoxy) is 1. The fourth-order valence-electron chi connectivity index (χ4n) is 4.29. The molecular weight excluding hydrogens is 388 g/mol. The van der Waals surface area contributed by atoms with E-state index in [1.807, 2.05) is 0 Å². The van der Waals surface area contributed by atoms with Gasteiger partial charge in [0.25, 0.3) is 11.6 Å². The number of non-ortho nitro benzene ring substituents is 1. The number of rotatable bonds is 4. The van der Waals surface area contributed by atoms with Crippen LogP contribution in [0.3, 0.4) is 0 Å². The number of hydrogen-bond donors (Lipinski definition) is 0. The van der Waals surface area contributed by atoms with Gasteiger partial charge in [-0.1, -0.05) is 12.1 Å². The summed E-state index contributed by atoms with van der Waals surface area (Å²) in [7, 11) is 0. The molecule has 5 rings (SSSR count). The molecule has 0 aliphatic carbocycles. The number of hydrogen-bond acceptors (Lipinski definition) is 6. The molecule has 0 saturated carbocycles. The third-order valence-electron chi connectivity index (χ3n) is 5.72. The SMILES string of the molecule is O=C1c2oc3ccccc3c(=O)c2[C@H](c2ccc([N+](=O)[O-])cc2)N1C[C@H]1CCCO1. The first kappa shape index (κ1) is 18.5. The van der Waals surface area contributed by atoms with Crippen LogP contribution in [0.15, 0.2) is 57.7 Å². The van der Waals surface area contributed by atoms with Crippen LogP contribution in [0.2, 0.25) is 0 Å². The number of amides is 1. The van der Waals surface area contributed by atoms with Crippen LogP contribution in [0, 0.1) is 10.1 Å². The Balaban J connectivity index is 1.67. The van der Waals surface area contributed by atoms with Gasteiger partial charge in [0.15, 0.2) is 5.43 Å². The van der Waals surface area contributed by atoms with Gasteiger partial charge < -0.3 is 14.1 Å². The van der Waals surface area contributed by atoms with E-state index >= 15 is 0 Å². The van der Waals surface area contributed by atoms with E-state index in [1.165, 1.54) is 12.1 Å². The highest BCUT2D eigenvalue weighted by Crippen LogP contribution is 2.39.